The van der Waals surface area contributed by atoms with E-state index in [1.807, 2.05) is 32.0 Å². The highest BCUT2D eigenvalue weighted by Crippen LogP contribution is 2.28. The van der Waals surface area contributed by atoms with Gasteiger partial charge >= 0.3 is 17.9 Å². The van der Waals surface area contributed by atoms with E-state index in [1.54, 1.807) is 0 Å². The molecule has 142 valence electrons. The Morgan fingerprint density at radius 3 is 2.15 bits per heavy atom. The molecule has 0 aromatic heterocycles. The fourth-order valence-corrected chi connectivity index (χ4v) is 2.52. The smallest absolute Gasteiger partial charge is 0.414 e. The third-order valence-corrected chi connectivity index (χ3v) is 3.77. The van der Waals surface area contributed by atoms with Crippen molar-refractivity contribution < 1.29 is 29.3 Å². The van der Waals surface area contributed by atoms with Gasteiger partial charge in [-0.2, -0.15) is 0 Å². The van der Waals surface area contributed by atoms with Crippen LogP contribution in [0.3, 0.4) is 0 Å². The largest absolute Gasteiger partial charge is 0.473 e. The Kier molecular flexibility index (Phi) is 8.51. The molecule has 0 spiro atoms. The van der Waals surface area contributed by atoms with Gasteiger partial charge in [-0.1, -0.05) is 37.3 Å². The maximum absolute atomic E-state index is 12.3. The van der Waals surface area contributed by atoms with Crippen molar-refractivity contribution in [3.8, 4) is 0 Å². The SMILES string of the molecule is CCN1CCC(c2ccccc2)=C(C(=O)OC(C)C)C1.O=C(O)C(=O)O. The second kappa shape index (κ2) is 10.4. The quantitative estimate of drug-likeness (QED) is 0.624. The summed E-state index contributed by atoms with van der Waals surface area (Å²) >= 11 is 0. The number of nitrogens with zero attached hydrogens (tertiary/aromatic N) is 1. The van der Waals surface area contributed by atoms with Crippen LogP contribution >= 0.6 is 0 Å². The summed E-state index contributed by atoms with van der Waals surface area (Å²) in [6.07, 6.45) is 0.824. The molecule has 0 bridgehead atoms. The van der Waals surface area contributed by atoms with Crippen LogP contribution in [0.5, 0.6) is 0 Å². The molecule has 2 rings (SSSR count). The fraction of sp³-hybridized carbons (Fsp3) is 0.421. The van der Waals surface area contributed by atoms with E-state index in [9.17, 15) is 4.79 Å². The van der Waals surface area contributed by atoms with Crippen molar-refractivity contribution >= 4 is 23.5 Å². The summed E-state index contributed by atoms with van der Waals surface area (Å²) in [6, 6.07) is 10.2. The first-order valence-corrected chi connectivity index (χ1v) is 8.43. The Balaban J connectivity index is 0.000000487. The maximum atomic E-state index is 12.3. The van der Waals surface area contributed by atoms with Gasteiger partial charge in [-0.05, 0) is 37.9 Å². The summed E-state index contributed by atoms with van der Waals surface area (Å²) in [6.45, 7) is 8.55. The third kappa shape index (κ3) is 6.68. The van der Waals surface area contributed by atoms with E-state index in [2.05, 4.69) is 24.0 Å². The average molecular weight is 363 g/mol. The van der Waals surface area contributed by atoms with Crippen molar-refractivity contribution in [3.63, 3.8) is 0 Å². The van der Waals surface area contributed by atoms with Gasteiger partial charge < -0.3 is 14.9 Å². The molecule has 7 heteroatoms. The highest BCUT2D eigenvalue weighted by molar-refractivity contribution is 6.27. The molecule has 1 aromatic rings. The van der Waals surface area contributed by atoms with Crippen LogP contribution in [0.1, 0.15) is 32.8 Å². The number of carbonyl (C=O) groups is 3. The first kappa shape index (κ1) is 21.4. The Morgan fingerprint density at radius 1 is 1.12 bits per heavy atom. The van der Waals surface area contributed by atoms with Crippen LogP contribution in [0.4, 0.5) is 0 Å². The van der Waals surface area contributed by atoms with E-state index >= 15 is 0 Å². The van der Waals surface area contributed by atoms with E-state index in [0.717, 1.165) is 36.2 Å². The molecule has 1 aliphatic heterocycles. The number of carbonyl (C=O) groups excluding carboxylic acids is 1. The maximum Gasteiger partial charge on any atom is 0.414 e. The predicted octanol–water partition coefficient (Wildman–Crippen LogP) is 2.27. The summed E-state index contributed by atoms with van der Waals surface area (Å²) in [4.78, 5) is 32.8. The van der Waals surface area contributed by atoms with Gasteiger partial charge in [0.15, 0.2) is 0 Å². The number of likely N-dealkylation sites (N-methyl/N-ethyl adjacent to an activating group) is 1. The lowest BCUT2D eigenvalue weighted by molar-refractivity contribution is -0.159. The van der Waals surface area contributed by atoms with Gasteiger partial charge in [-0.3, -0.25) is 4.90 Å². The zero-order valence-electron chi connectivity index (χ0n) is 15.3. The summed E-state index contributed by atoms with van der Waals surface area (Å²) in [7, 11) is 0. The Bertz CT molecular complexity index is 654. The van der Waals surface area contributed by atoms with E-state index in [4.69, 9.17) is 24.5 Å². The Labute approximate surface area is 152 Å². The highest BCUT2D eigenvalue weighted by Gasteiger charge is 2.25. The molecular formula is C19H25NO6. The van der Waals surface area contributed by atoms with Gasteiger partial charge in [0.2, 0.25) is 0 Å². The second-order valence-electron chi connectivity index (χ2n) is 6.01. The van der Waals surface area contributed by atoms with Crippen molar-refractivity contribution in [2.45, 2.75) is 33.3 Å². The van der Waals surface area contributed by atoms with Crippen molar-refractivity contribution in [2.75, 3.05) is 19.6 Å². The first-order chi connectivity index (χ1) is 12.3. The Morgan fingerprint density at radius 2 is 1.69 bits per heavy atom. The first-order valence-electron chi connectivity index (χ1n) is 8.43. The van der Waals surface area contributed by atoms with Gasteiger partial charge in [-0.15, -0.1) is 0 Å². The topological polar surface area (TPSA) is 104 Å². The van der Waals surface area contributed by atoms with Crippen LogP contribution in [-0.2, 0) is 19.1 Å². The second-order valence-corrected chi connectivity index (χ2v) is 6.01. The molecule has 0 atom stereocenters. The van der Waals surface area contributed by atoms with Gasteiger partial charge in [0, 0.05) is 13.1 Å². The van der Waals surface area contributed by atoms with Gasteiger partial charge in [0.25, 0.3) is 0 Å². The van der Waals surface area contributed by atoms with Crippen LogP contribution in [-0.4, -0.2) is 58.8 Å². The summed E-state index contributed by atoms with van der Waals surface area (Å²) in [5.41, 5.74) is 3.10. The van der Waals surface area contributed by atoms with Crippen LogP contribution in [0.25, 0.3) is 5.57 Å². The van der Waals surface area contributed by atoms with Crippen molar-refractivity contribution in [3.05, 3.63) is 41.5 Å². The average Bonchev–Trinajstić information content (AvgIpc) is 2.61. The molecular weight excluding hydrogens is 338 g/mol. The minimum absolute atomic E-state index is 0.0796. The summed E-state index contributed by atoms with van der Waals surface area (Å²) < 4.78 is 5.41. The molecule has 2 N–H and O–H groups in total. The van der Waals surface area contributed by atoms with Crippen molar-refractivity contribution in [1.29, 1.82) is 0 Å². The molecule has 1 aliphatic rings. The van der Waals surface area contributed by atoms with Crippen molar-refractivity contribution in [2.24, 2.45) is 0 Å². The van der Waals surface area contributed by atoms with Crippen molar-refractivity contribution in [1.82, 2.24) is 4.90 Å². The monoisotopic (exact) mass is 363 g/mol. The normalized spacial score (nSPS) is 14.5. The van der Waals surface area contributed by atoms with Crippen LogP contribution in [0.15, 0.2) is 35.9 Å². The number of hydrogen-bond acceptors (Lipinski definition) is 5. The number of ether oxygens (including phenoxy) is 1. The van der Waals surface area contributed by atoms with Crippen LogP contribution in [0.2, 0.25) is 0 Å². The molecule has 0 amide bonds. The van der Waals surface area contributed by atoms with Gasteiger partial charge in [0.1, 0.15) is 0 Å². The molecule has 0 aliphatic carbocycles. The molecule has 1 aromatic carbocycles. The molecule has 0 radical (unpaired) electrons. The number of carboxylic acid groups (broad SMARTS) is 2. The molecule has 0 saturated heterocycles. The lowest BCUT2D eigenvalue weighted by atomic mass is 9.93. The van der Waals surface area contributed by atoms with Crippen LogP contribution in [0, 0.1) is 0 Å². The van der Waals surface area contributed by atoms with Gasteiger partial charge in [0.05, 0.1) is 11.7 Å². The number of esters is 1. The number of hydrogen-bond donors (Lipinski definition) is 2. The number of rotatable bonds is 4. The fourth-order valence-electron chi connectivity index (χ4n) is 2.52. The van der Waals surface area contributed by atoms with E-state index < -0.39 is 11.9 Å². The van der Waals surface area contributed by atoms with E-state index in [0.29, 0.717) is 6.54 Å². The minimum atomic E-state index is -1.82. The summed E-state index contributed by atoms with van der Waals surface area (Å²) in [5.74, 6) is -3.82. The number of carboxylic acids is 2. The predicted molar refractivity (Wildman–Crippen MR) is 96.6 cm³/mol. The van der Waals surface area contributed by atoms with Gasteiger partial charge in [-0.25, -0.2) is 14.4 Å². The number of benzene rings is 1. The lowest BCUT2D eigenvalue weighted by Gasteiger charge is -2.29. The number of aliphatic carboxylic acids is 2. The van der Waals surface area contributed by atoms with E-state index in [-0.39, 0.29) is 12.1 Å². The van der Waals surface area contributed by atoms with Crippen LogP contribution < -0.4 is 0 Å². The zero-order chi connectivity index (χ0) is 19.7. The lowest BCUT2D eigenvalue weighted by Crippen LogP contribution is -2.34. The third-order valence-electron chi connectivity index (χ3n) is 3.77. The summed E-state index contributed by atoms with van der Waals surface area (Å²) in [5, 5.41) is 14.8. The Hall–Kier alpha value is -2.67. The molecule has 26 heavy (non-hydrogen) atoms. The molecule has 0 unspecified atom stereocenters. The molecule has 0 fully saturated rings. The molecule has 1 heterocycles. The highest BCUT2D eigenvalue weighted by atomic mass is 16.5. The molecule has 0 saturated carbocycles. The zero-order valence-corrected chi connectivity index (χ0v) is 15.3. The minimum Gasteiger partial charge on any atom is -0.473 e. The molecule has 7 nitrogen and oxygen atoms in total. The van der Waals surface area contributed by atoms with E-state index in [1.165, 1.54) is 0 Å². The standard InChI is InChI=1S/C17H23NO2.C2H2O4/c1-4-18-11-10-15(14-8-6-5-7-9-14)16(12-18)17(19)20-13(2)3;3-1(4)2(5)6/h5-9,13H,4,10-12H2,1-3H3;(H,3,4)(H,5,6).